The van der Waals surface area contributed by atoms with E-state index in [-0.39, 0.29) is 0 Å². The van der Waals surface area contributed by atoms with Gasteiger partial charge >= 0.3 is 0 Å². The lowest BCUT2D eigenvalue weighted by Crippen LogP contribution is -2.10. The molecule has 0 heterocycles. The molecule has 0 fully saturated rings. The van der Waals surface area contributed by atoms with E-state index in [9.17, 15) is 4.79 Å². The van der Waals surface area contributed by atoms with Crippen LogP contribution in [-0.4, -0.2) is 29.0 Å². The van der Waals surface area contributed by atoms with Crippen LogP contribution in [-0.2, 0) is 4.79 Å². The van der Waals surface area contributed by atoms with E-state index in [2.05, 4.69) is 0 Å². The van der Waals surface area contributed by atoms with Gasteiger partial charge in [-0.15, -0.1) is 0 Å². The third-order valence-electron chi connectivity index (χ3n) is 0.650. The highest BCUT2D eigenvalue weighted by atomic mass is 32.2. The highest BCUT2D eigenvalue weighted by Crippen LogP contribution is 1.98. The fourth-order valence-electron chi connectivity index (χ4n) is 0.278. The number of aliphatic hydroxyl groups excluding tert-OH is 1. The van der Waals surface area contributed by atoms with Crippen molar-refractivity contribution in [2.75, 3.05) is 11.5 Å². The Labute approximate surface area is 53.3 Å². The topological polar surface area (TPSA) is 37.3 Å². The van der Waals surface area contributed by atoms with Gasteiger partial charge in [0, 0.05) is 5.75 Å². The van der Waals surface area contributed by atoms with Crippen molar-refractivity contribution in [3.05, 3.63) is 0 Å². The Morgan fingerprint density at radius 3 is 2.88 bits per heavy atom. The number of carbonyl (C=O) groups excluding carboxylic acids is 1. The van der Waals surface area contributed by atoms with Gasteiger partial charge in [-0.2, -0.15) is 11.8 Å². The summed E-state index contributed by atoms with van der Waals surface area (Å²) in [7, 11) is 0. The second-order valence-electron chi connectivity index (χ2n) is 1.36. The van der Waals surface area contributed by atoms with Gasteiger partial charge in [-0.25, -0.2) is 0 Å². The summed E-state index contributed by atoms with van der Waals surface area (Å²) in [4.78, 5) is 9.75. The Kier molecular flexibility index (Phi) is 5.11. The van der Waals surface area contributed by atoms with Gasteiger partial charge in [-0.05, 0) is 5.75 Å². The maximum atomic E-state index is 9.75. The van der Waals surface area contributed by atoms with Crippen LogP contribution in [0, 0.1) is 0 Å². The lowest BCUT2D eigenvalue weighted by molar-refractivity contribution is -0.113. The summed E-state index contributed by atoms with van der Waals surface area (Å²) in [5.41, 5.74) is 0. The molecule has 0 aromatic heterocycles. The van der Waals surface area contributed by atoms with E-state index in [1.54, 1.807) is 11.8 Å². The van der Waals surface area contributed by atoms with Gasteiger partial charge < -0.3 is 9.90 Å². The van der Waals surface area contributed by atoms with Gasteiger partial charge in [-0.3, -0.25) is 0 Å². The summed E-state index contributed by atoms with van der Waals surface area (Å²) < 4.78 is 0. The normalized spacial score (nSPS) is 13.2. The quantitative estimate of drug-likeness (QED) is 0.562. The fraction of sp³-hybridized carbons (Fsp3) is 0.800. The van der Waals surface area contributed by atoms with Gasteiger partial charge in [0.1, 0.15) is 12.4 Å². The van der Waals surface area contributed by atoms with Gasteiger partial charge in [0.15, 0.2) is 0 Å². The molecule has 0 aliphatic carbocycles. The van der Waals surface area contributed by atoms with Gasteiger partial charge in [-0.1, -0.05) is 6.92 Å². The molecule has 1 atom stereocenters. The van der Waals surface area contributed by atoms with Crippen LogP contribution in [0.1, 0.15) is 6.92 Å². The van der Waals surface area contributed by atoms with Crippen molar-refractivity contribution >= 4 is 18.0 Å². The van der Waals surface area contributed by atoms with Crippen LogP contribution in [0.25, 0.3) is 0 Å². The second kappa shape index (κ2) is 5.12. The summed E-state index contributed by atoms with van der Waals surface area (Å²) in [6.45, 7) is 1.99. The van der Waals surface area contributed by atoms with Gasteiger partial charge in [0.25, 0.3) is 0 Å². The van der Waals surface area contributed by atoms with Crippen LogP contribution in [0.15, 0.2) is 0 Å². The average molecular weight is 134 g/mol. The Morgan fingerprint density at radius 1 is 1.88 bits per heavy atom. The highest BCUT2D eigenvalue weighted by molar-refractivity contribution is 7.99. The van der Waals surface area contributed by atoms with Crippen molar-refractivity contribution in [2.45, 2.75) is 13.0 Å². The standard InChI is InChI=1S/C5H10O2S/c1-2-8-4-5(7)3-6/h3,5,7H,2,4H2,1H3/t5-/m1/s1. The van der Waals surface area contributed by atoms with E-state index < -0.39 is 6.10 Å². The van der Waals surface area contributed by atoms with Crippen LogP contribution in [0.4, 0.5) is 0 Å². The second-order valence-corrected chi connectivity index (χ2v) is 2.68. The van der Waals surface area contributed by atoms with Crippen molar-refractivity contribution in [2.24, 2.45) is 0 Å². The molecule has 0 aromatic rings. The van der Waals surface area contributed by atoms with Gasteiger partial charge in [0.05, 0.1) is 0 Å². The Balaban J connectivity index is 2.98. The molecule has 0 radical (unpaired) electrons. The predicted molar refractivity (Wildman–Crippen MR) is 35.1 cm³/mol. The molecule has 0 rings (SSSR count). The number of aliphatic hydroxyl groups is 1. The van der Waals surface area contributed by atoms with Crippen LogP contribution in [0.5, 0.6) is 0 Å². The summed E-state index contributed by atoms with van der Waals surface area (Å²) in [6.07, 6.45) is -0.206. The van der Waals surface area contributed by atoms with E-state index in [0.717, 1.165) is 5.75 Å². The van der Waals surface area contributed by atoms with Crippen molar-refractivity contribution < 1.29 is 9.90 Å². The van der Waals surface area contributed by atoms with Crippen LogP contribution < -0.4 is 0 Å². The fourth-order valence-corrected chi connectivity index (χ4v) is 0.834. The molecule has 2 nitrogen and oxygen atoms in total. The molecule has 8 heavy (non-hydrogen) atoms. The molecule has 0 aromatic carbocycles. The zero-order valence-corrected chi connectivity index (χ0v) is 5.65. The zero-order chi connectivity index (χ0) is 6.41. The first-order valence-corrected chi connectivity index (χ1v) is 3.67. The maximum Gasteiger partial charge on any atom is 0.149 e. The van der Waals surface area contributed by atoms with Crippen molar-refractivity contribution in [3.8, 4) is 0 Å². The third-order valence-corrected chi connectivity index (χ3v) is 1.64. The zero-order valence-electron chi connectivity index (χ0n) is 4.83. The largest absolute Gasteiger partial charge is 0.385 e. The highest BCUT2D eigenvalue weighted by Gasteiger charge is 1.97. The Hall–Kier alpha value is -0.0200. The summed E-state index contributed by atoms with van der Waals surface area (Å²) in [5.74, 6) is 1.48. The molecule has 1 N–H and O–H groups in total. The van der Waals surface area contributed by atoms with E-state index in [1.165, 1.54) is 0 Å². The predicted octanol–water partition coefficient (Wildman–Crippen LogP) is 0.299. The number of hydrogen-bond donors (Lipinski definition) is 1. The minimum absolute atomic E-state index is 0.528. The molecule has 0 aliphatic heterocycles. The number of carbonyl (C=O) groups is 1. The van der Waals surface area contributed by atoms with Gasteiger partial charge in [0.2, 0.25) is 0 Å². The summed E-state index contributed by atoms with van der Waals surface area (Å²) in [5, 5.41) is 8.60. The first-order valence-electron chi connectivity index (χ1n) is 2.52. The van der Waals surface area contributed by atoms with E-state index in [1.807, 2.05) is 6.92 Å². The smallest absolute Gasteiger partial charge is 0.149 e. The average Bonchev–Trinajstić information content (AvgIpc) is 1.83. The molecule has 0 bridgehead atoms. The molecular weight excluding hydrogens is 124 g/mol. The molecule has 0 unspecified atom stereocenters. The van der Waals surface area contributed by atoms with E-state index in [0.29, 0.717) is 12.0 Å². The summed E-state index contributed by atoms with van der Waals surface area (Å²) in [6, 6.07) is 0. The van der Waals surface area contributed by atoms with E-state index in [4.69, 9.17) is 5.11 Å². The van der Waals surface area contributed by atoms with Crippen LogP contribution in [0.2, 0.25) is 0 Å². The van der Waals surface area contributed by atoms with Crippen molar-refractivity contribution in [3.63, 3.8) is 0 Å². The monoisotopic (exact) mass is 134 g/mol. The number of aldehydes is 1. The Bertz CT molecular complexity index is 65.4. The Morgan fingerprint density at radius 2 is 2.50 bits per heavy atom. The molecule has 3 heteroatoms. The molecule has 0 aliphatic rings. The lowest BCUT2D eigenvalue weighted by Gasteiger charge is -1.97. The number of hydrogen-bond acceptors (Lipinski definition) is 3. The third kappa shape index (κ3) is 4.15. The number of rotatable bonds is 4. The van der Waals surface area contributed by atoms with Crippen LogP contribution >= 0.6 is 11.8 Å². The minimum atomic E-state index is -0.764. The SMILES string of the molecule is CCSC[C@H](O)C=O. The van der Waals surface area contributed by atoms with Crippen molar-refractivity contribution in [1.29, 1.82) is 0 Å². The molecule has 0 saturated carbocycles. The lowest BCUT2D eigenvalue weighted by atomic mass is 10.5. The number of thioether (sulfide) groups is 1. The minimum Gasteiger partial charge on any atom is -0.385 e. The molecule has 0 saturated heterocycles. The molecular formula is C5H10O2S. The first-order chi connectivity index (χ1) is 3.81. The van der Waals surface area contributed by atoms with Crippen LogP contribution in [0.3, 0.4) is 0 Å². The summed E-state index contributed by atoms with van der Waals surface area (Å²) >= 11 is 1.56. The van der Waals surface area contributed by atoms with Crippen molar-refractivity contribution in [1.82, 2.24) is 0 Å². The first kappa shape index (κ1) is 7.98. The van der Waals surface area contributed by atoms with E-state index >= 15 is 0 Å². The maximum absolute atomic E-state index is 9.75. The molecule has 0 spiro atoms. The molecule has 0 amide bonds. The molecule has 48 valence electrons.